The minimum atomic E-state index is -0.280. The van der Waals surface area contributed by atoms with Crippen LogP contribution in [0.4, 0.5) is 4.79 Å². The van der Waals surface area contributed by atoms with Crippen molar-refractivity contribution in [2.24, 2.45) is 0 Å². The van der Waals surface area contributed by atoms with E-state index in [1.165, 1.54) is 5.56 Å². The Hall–Kier alpha value is -2.78. The quantitative estimate of drug-likeness (QED) is 0.595. The molecular formula is C22H18ClNO2. The first-order chi connectivity index (χ1) is 12.7. The topological polar surface area (TPSA) is 29.5 Å². The van der Waals surface area contributed by atoms with Crippen molar-refractivity contribution in [2.45, 2.75) is 12.6 Å². The van der Waals surface area contributed by atoms with E-state index in [9.17, 15) is 4.79 Å². The Morgan fingerprint density at radius 1 is 0.885 bits per heavy atom. The predicted molar refractivity (Wildman–Crippen MR) is 103 cm³/mol. The maximum atomic E-state index is 12.2. The maximum Gasteiger partial charge on any atom is 0.410 e. The van der Waals surface area contributed by atoms with E-state index in [1.807, 2.05) is 42.5 Å². The summed E-state index contributed by atoms with van der Waals surface area (Å²) in [6.07, 6.45) is -0.527. The van der Waals surface area contributed by atoms with Crippen LogP contribution >= 0.6 is 11.6 Å². The van der Waals surface area contributed by atoms with Crippen LogP contribution in [0, 0.1) is 0 Å². The van der Waals surface area contributed by atoms with Crippen molar-refractivity contribution in [1.29, 1.82) is 0 Å². The first kappa shape index (κ1) is 16.7. The summed E-state index contributed by atoms with van der Waals surface area (Å²) in [6.45, 7) is 1.08. The van der Waals surface area contributed by atoms with Crippen molar-refractivity contribution >= 4 is 17.7 Å². The van der Waals surface area contributed by atoms with E-state index < -0.39 is 0 Å². The fraction of sp³-hybridized carbons (Fsp3) is 0.136. The lowest BCUT2D eigenvalue weighted by atomic mass is 10.0. The van der Waals surface area contributed by atoms with Crippen molar-refractivity contribution in [3.8, 4) is 11.1 Å². The molecule has 26 heavy (non-hydrogen) atoms. The van der Waals surface area contributed by atoms with Crippen LogP contribution in [-0.2, 0) is 11.3 Å². The summed E-state index contributed by atoms with van der Waals surface area (Å²) in [7, 11) is 0. The molecule has 0 saturated carbocycles. The number of rotatable bonds is 4. The molecule has 4 rings (SSSR count). The average molecular weight is 364 g/mol. The molecule has 1 saturated heterocycles. The molecule has 1 aliphatic rings. The molecular weight excluding hydrogens is 346 g/mol. The molecule has 1 amide bonds. The number of carbonyl (C=O) groups excluding carboxylic acids is 1. The zero-order valence-corrected chi connectivity index (χ0v) is 14.9. The molecule has 4 heteroatoms. The highest BCUT2D eigenvalue weighted by Gasteiger charge is 2.32. The van der Waals surface area contributed by atoms with E-state index in [0.717, 1.165) is 16.7 Å². The zero-order valence-electron chi connectivity index (χ0n) is 14.1. The number of nitrogens with zero attached hydrogens (tertiary/aromatic N) is 1. The third kappa shape index (κ3) is 3.58. The molecule has 0 radical (unpaired) electrons. The molecule has 130 valence electrons. The number of hydrogen-bond donors (Lipinski definition) is 0. The minimum Gasteiger partial charge on any atom is -0.439 e. The van der Waals surface area contributed by atoms with Crippen molar-refractivity contribution in [2.75, 3.05) is 6.54 Å². The van der Waals surface area contributed by atoms with E-state index in [4.69, 9.17) is 16.3 Å². The molecule has 3 aromatic carbocycles. The van der Waals surface area contributed by atoms with Gasteiger partial charge in [0.1, 0.15) is 6.10 Å². The van der Waals surface area contributed by atoms with Crippen molar-refractivity contribution in [3.63, 3.8) is 0 Å². The normalized spacial score (nSPS) is 16.6. The second-order valence-electron chi connectivity index (χ2n) is 6.37. The Labute approximate surface area is 157 Å². The summed E-state index contributed by atoms with van der Waals surface area (Å²) in [5.74, 6) is 0. The smallest absolute Gasteiger partial charge is 0.410 e. The molecule has 0 aromatic heterocycles. The molecule has 0 spiro atoms. The fourth-order valence-electron chi connectivity index (χ4n) is 3.14. The average Bonchev–Trinajstić information content (AvgIpc) is 3.04. The van der Waals surface area contributed by atoms with Gasteiger partial charge >= 0.3 is 6.09 Å². The largest absolute Gasteiger partial charge is 0.439 e. The van der Waals surface area contributed by atoms with Crippen LogP contribution in [0.15, 0.2) is 78.9 Å². The minimum absolute atomic E-state index is 0.247. The van der Waals surface area contributed by atoms with E-state index in [0.29, 0.717) is 18.1 Å². The standard InChI is InChI=1S/C22H18ClNO2/c23-20-12-10-19(11-13-20)21-15-24(22(25)26-21)14-16-6-8-18(9-7-16)17-4-2-1-3-5-17/h1-13,21H,14-15H2. The monoisotopic (exact) mass is 363 g/mol. The Kier molecular flexibility index (Phi) is 4.63. The lowest BCUT2D eigenvalue weighted by Gasteiger charge is -2.13. The van der Waals surface area contributed by atoms with Gasteiger partial charge < -0.3 is 4.74 Å². The van der Waals surface area contributed by atoms with Gasteiger partial charge in [-0.2, -0.15) is 0 Å². The van der Waals surface area contributed by atoms with Crippen LogP contribution in [0.2, 0.25) is 5.02 Å². The molecule has 3 nitrogen and oxygen atoms in total. The third-order valence-corrected chi connectivity index (χ3v) is 4.82. The Morgan fingerprint density at radius 3 is 2.23 bits per heavy atom. The molecule has 1 fully saturated rings. The van der Waals surface area contributed by atoms with Gasteiger partial charge in [-0.15, -0.1) is 0 Å². The van der Waals surface area contributed by atoms with Crippen molar-refractivity contribution in [3.05, 3.63) is 95.0 Å². The Balaban J connectivity index is 1.44. The fourth-order valence-corrected chi connectivity index (χ4v) is 3.27. The van der Waals surface area contributed by atoms with Gasteiger partial charge in [0.15, 0.2) is 0 Å². The second kappa shape index (κ2) is 7.22. The number of hydrogen-bond acceptors (Lipinski definition) is 2. The van der Waals surface area contributed by atoms with E-state index in [-0.39, 0.29) is 12.2 Å². The zero-order chi connectivity index (χ0) is 17.9. The highest BCUT2D eigenvalue weighted by atomic mass is 35.5. The van der Waals surface area contributed by atoms with Crippen LogP contribution < -0.4 is 0 Å². The van der Waals surface area contributed by atoms with E-state index in [1.54, 1.807) is 4.90 Å². The van der Waals surface area contributed by atoms with Gasteiger partial charge in [-0.1, -0.05) is 78.3 Å². The highest BCUT2D eigenvalue weighted by Crippen LogP contribution is 2.28. The first-order valence-electron chi connectivity index (χ1n) is 8.54. The van der Waals surface area contributed by atoms with Gasteiger partial charge in [0.2, 0.25) is 0 Å². The Bertz CT molecular complexity index is 892. The molecule has 0 aliphatic carbocycles. The maximum absolute atomic E-state index is 12.2. The van der Waals surface area contributed by atoms with Crippen LogP contribution in [0.1, 0.15) is 17.2 Å². The number of benzene rings is 3. The van der Waals surface area contributed by atoms with Crippen molar-refractivity contribution in [1.82, 2.24) is 4.90 Å². The van der Waals surface area contributed by atoms with Gasteiger partial charge in [0, 0.05) is 11.6 Å². The number of cyclic esters (lactones) is 1. The summed E-state index contributed by atoms with van der Waals surface area (Å²) in [4.78, 5) is 13.9. The molecule has 0 N–H and O–H groups in total. The number of ether oxygens (including phenoxy) is 1. The van der Waals surface area contributed by atoms with Gasteiger partial charge in [-0.25, -0.2) is 4.79 Å². The van der Waals surface area contributed by atoms with Gasteiger partial charge in [-0.05, 0) is 34.4 Å². The van der Waals surface area contributed by atoms with Gasteiger partial charge in [0.25, 0.3) is 0 Å². The lowest BCUT2D eigenvalue weighted by molar-refractivity contribution is 0.132. The highest BCUT2D eigenvalue weighted by molar-refractivity contribution is 6.30. The molecule has 0 bridgehead atoms. The number of carbonyl (C=O) groups is 1. The summed E-state index contributed by atoms with van der Waals surface area (Å²) in [6, 6.07) is 26.0. The summed E-state index contributed by atoms with van der Waals surface area (Å²) in [5.41, 5.74) is 4.39. The molecule has 3 aromatic rings. The summed E-state index contributed by atoms with van der Waals surface area (Å²) >= 11 is 5.92. The van der Waals surface area contributed by atoms with Gasteiger partial charge in [-0.3, -0.25) is 4.90 Å². The predicted octanol–water partition coefficient (Wildman–Crippen LogP) is 5.70. The van der Waals surface area contributed by atoms with E-state index >= 15 is 0 Å². The van der Waals surface area contributed by atoms with Crippen LogP contribution in [0.5, 0.6) is 0 Å². The van der Waals surface area contributed by atoms with Crippen LogP contribution in [0.25, 0.3) is 11.1 Å². The molecule has 1 unspecified atom stereocenters. The number of halogens is 1. The SMILES string of the molecule is O=C1OC(c2ccc(Cl)cc2)CN1Cc1ccc(-c2ccccc2)cc1. The second-order valence-corrected chi connectivity index (χ2v) is 6.80. The first-order valence-corrected chi connectivity index (χ1v) is 8.92. The van der Waals surface area contributed by atoms with Crippen LogP contribution in [0.3, 0.4) is 0 Å². The third-order valence-electron chi connectivity index (χ3n) is 4.56. The molecule has 1 atom stereocenters. The van der Waals surface area contributed by atoms with Crippen molar-refractivity contribution < 1.29 is 9.53 Å². The Morgan fingerprint density at radius 2 is 1.54 bits per heavy atom. The molecule has 1 heterocycles. The van der Waals surface area contributed by atoms with Crippen LogP contribution in [-0.4, -0.2) is 17.5 Å². The summed E-state index contributed by atoms with van der Waals surface area (Å²) < 4.78 is 5.51. The summed E-state index contributed by atoms with van der Waals surface area (Å²) in [5, 5.41) is 0.674. The number of amides is 1. The molecule has 1 aliphatic heterocycles. The van der Waals surface area contributed by atoms with E-state index in [2.05, 4.69) is 36.4 Å². The lowest BCUT2D eigenvalue weighted by Crippen LogP contribution is -2.23. The van der Waals surface area contributed by atoms with Gasteiger partial charge in [0.05, 0.1) is 6.54 Å².